The molecule has 0 heterocycles. The Hall–Kier alpha value is 0.310. The molecule has 0 aliphatic carbocycles. The van der Waals surface area contributed by atoms with Crippen LogP contribution in [-0.2, 0) is 0 Å². The molecule has 0 atom stereocenters. The van der Waals surface area contributed by atoms with Crippen molar-refractivity contribution in [1.82, 2.24) is 4.90 Å². The molecule has 0 saturated carbocycles. The fraction of sp³-hybridized carbons (Fsp3) is 1.00. The van der Waals surface area contributed by atoms with E-state index in [1.807, 2.05) is 0 Å². The van der Waals surface area contributed by atoms with Crippen LogP contribution in [0.25, 0.3) is 0 Å². The fourth-order valence-electron chi connectivity index (χ4n) is 0.616. The van der Waals surface area contributed by atoms with Gasteiger partial charge in [0.15, 0.2) is 0 Å². The van der Waals surface area contributed by atoms with Crippen LogP contribution in [0.3, 0.4) is 0 Å². The Morgan fingerprint density at radius 2 is 1.80 bits per heavy atom. The monoisotopic (exact) mass is 163 g/mol. The average Bonchev–Trinajstić information content (AvgIpc) is 1.82. The van der Waals surface area contributed by atoms with Gasteiger partial charge in [0.05, 0.1) is 0 Å². The lowest BCUT2D eigenvalue weighted by molar-refractivity contribution is 0.291. The second-order valence-corrected chi connectivity index (χ2v) is 5.98. The van der Waals surface area contributed by atoms with Crippen LogP contribution >= 0.6 is 10.9 Å². The number of hydrogen-bond acceptors (Lipinski definition) is 1. The summed E-state index contributed by atoms with van der Waals surface area (Å²) in [6.45, 7) is 5.75. The molecule has 0 aromatic heterocycles. The molecule has 10 heavy (non-hydrogen) atoms. The molecule has 0 fully saturated rings. The minimum absolute atomic E-state index is 0.301. The lowest BCUT2D eigenvalue weighted by Crippen LogP contribution is -2.28. The SMILES string of the molecule is CC(C)N(C)CC[SH](C)C. The molecule has 64 valence electrons. The van der Waals surface area contributed by atoms with E-state index in [0.29, 0.717) is 16.9 Å². The van der Waals surface area contributed by atoms with E-state index in [-0.39, 0.29) is 0 Å². The number of rotatable bonds is 4. The van der Waals surface area contributed by atoms with Crippen molar-refractivity contribution in [3.63, 3.8) is 0 Å². The van der Waals surface area contributed by atoms with E-state index in [2.05, 4.69) is 38.3 Å². The van der Waals surface area contributed by atoms with Crippen LogP contribution in [0, 0.1) is 0 Å². The standard InChI is InChI=1S/C8H21NS/c1-8(2)9(3)6-7-10(4)5/h8,10H,6-7H2,1-5H3. The smallest absolute Gasteiger partial charge is 0.00550 e. The van der Waals surface area contributed by atoms with Crippen LogP contribution in [0.2, 0.25) is 0 Å². The summed E-state index contributed by atoms with van der Waals surface area (Å²) in [4.78, 5) is 2.41. The zero-order chi connectivity index (χ0) is 8.15. The predicted molar refractivity (Wildman–Crippen MR) is 53.5 cm³/mol. The van der Waals surface area contributed by atoms with Gasteiger partial charge in [-0.25, -0.2) is 0 Å². The molecule has 0 saturated heterocycles. The molecule has 2 heteroatoms. The zero-order valence-electron chi connectivity index (χ0n) is 7.89. The highest BCUT2D eigenvalue weighted by atomic mass is 32.2. The lowest BCUT2D eigenvalue weighted by atomic mass is 10.3. The van der Waals surface area contributed by atoms with E-state index >= 15 is 0 Å². The quantitative estimate of drug-likeness (QED) is 0.616. The highest BCUT2D eigenvalue weighted by molar-refractivity contribution is 8.15. The highest BCUT2D eigenvalue weighted by Crippen LogP contribution is 2.12. The van der Waals surface area contributed by atoms with E-state index in [0.717, 1.165) is 0 Å². The molecular formula is C8H21NS. The van der Waals surface area contributed by atoms with Crippen LogP contribution in [0.15, 0.2) is 0 Å². The average molecular weight is 163 g/mol. The zero-order valence-corrected chi connectivity index (χ0v) is 8.78. The van der Waals surface area contributed by atoms with Crippen LogP contribution in [0.5, 0.6) is 0 Å². The normalized spacial score (nSPS) is 12.9. The Labute approximate surface area is 68.1 Å². The Morgan fingerprint density at radius 1 is 1.30 bits per heavy atom. The first-order valence-corrected chi connectivity index (χ1v) is 6.31. The Bertz CT molecular complexity index is 81.3. The summed E-state index contributed by atoms with van der Waals surface area (Å²) in [5.74, 6) is 1.38. The van der Waals surface area contributed by atoms with Gasteiger partial charge in [-0.15, -0.1) is 0 Å². The summed E-state index contributed by atoms with van der Waals surface area (Å²) in [6, 6.07) is 0.704. The molecule has 0 bridgehead atoms. The van der Waals surface area contributed by atoms with Gasteiger partial charge in [-0.3, -0.25) is 10.9 Å². The second-order valence-electron chi connectivity index (χ2n) is 3.38. The molecule has 0 aromatic rings. The second kappa shape index (κ2) is 5.03. The van der Waals surface area contributed by atoms with Crippen molar-refractivity contribution in [2.75, 3.05) is 31.9 Å². The summed E-state index contributed by atoms with van der Waals surface area (Å²) in [5.41, 5.74) is 0. The van der Waals surface area contributed by atoms with Gasteiger partial charge in [-0.2, -0.15) is 0 Å². The summed E-state index contributed by atoms with van der Waals surface area (Å²) in [6.07, 6.45) is 4.67. The van der Waals surface area contributed by atoms with E-state index in [1.165, 1.54) is 12.3 Å². The van der Waals surface area contributed by atoms with Crippen molar-refractivity contribution >= 4 is 10.9 Å². The first-order valence-electron chi connectivity index (χ1n) is 3.89. The Morgan fingerprint density at radius 3 is 2.10 bits per heavy atom. The third-order valence-corrected chi connectivity index (χ3v) is 2.88. The van der Waals surface area contributed by atoms with Gasteiger partial charge in [0, 0.05) is 12.6 Å². The van der Waals surface area contributed by atoms with E-state index in [4.69, 9.17) is 0 Å². The molecular weight excluding hydrogens is 142 g/mol. The van der Waals surface area contributed by atoms with Gasteiger partial charge in [0.25, 0.3) is 0 Å². The van der Waals surface area contributed by atoms with E-state index < -0.39 is 0 Å². The summed E-state index contributed by atoms with van der Waals surface area (Å²) in [5, 5.41) is 0. The van der Waals surface area contributed by atoms with Crippen LogP contribution in [-0.4, -0.2) is 42.8 Å². The third-order valence-electron chi connectivity index (χ3n) is 1.78. The number of thiol groups is 1. The maximum Gasteiger partial charge on any atom is 0.00550 e. The van der Waals surface area contributed by atoms with Crippen molar-refractivity contribution in [1.29, 1.82) is 0 Å². The Balaban J connectivity index is 3.30. The molecule has 0 aliphatic rings. The predicted octanol–water partition coefficient (Wildman–Crippen LogP) is 1.59. The van der Waals surface area contributed by atoms with Gasteiger partial charge in [0.2, 0.25) is 0 Å². The van der Waals surface area contributed by atoms with Gasteiger partial charge in [-0.1, -0.05) is 0 Å². The van der Waals surface area contributed by atoms with Crippen molar-refractivity contribution < 1.29 is 0 Å². The molecule has 0 aromatic carbocycles. The molecule has 0 spiro atoms. The van der Waals surface area contributed by atoms with Crippen molar-refractivity contribution in [2.24, 2.45) is 0 Å². The first kappa shape index (κ1) is 10.3. The summed E-state index contributed by atoms with van der Waals surface area (Å²) in [7, 11) is 2.50. The third kappa shape index (κ3) is 5.12. The fourth-order valence-corrected chi connectivity index (χ4v) is 1.33. The minimum Gasteiger partial charge on any atom is -0.303 e. The van der Waals surface area contributed by atoms with E-state index in [9.17, 15) is 0 Å². The molecule has 0 amide bonds. The minimum atomic E-state index is 0.301. The summed E-state index contributed by atoms with van der Waals surface area (Å²) < 4.78 is 0. The van der Waals surface area contributed by atoms with E-state index in [1.54, 1.807) is 0 Å². The number of nitrogens with zero attached hydrogens (tertiary/aromatic N) is 1. The molecule has 1 nitrogen and oxygen atoms in total. The van der Waals surface area contributed by atoms with Gasteiger partial charge in [0.1, 0.15) is 0 Å². The maximum absolute atomic E-state index is 2.41. The van der Waals surface area contributed by atoms with Crippen molar-refractivity contribution in [2.45, 2.75) is 19.9 Å². The van der Waals surface area contributed by atoms with Crippen molar-refractivity contribution in [3.05, 3.63) is 0 Å². The van der Waals surface area contributed by atoms with Gasteiger partial charge in [-0.05, 0) is 39.2 Å². The molecule has 0 radical (unpaired) electrons. The molecule has 0 rings (SSSR count). The first-order chi connectivity index (χ1) is 4.54. The topological polar surface area (TPSA) is 3.24 Å². The van der Waals surface area contributed by atoms with Crippen LogP contribution < -0.4 is 0 Å². The summed E-state index contributed by atoms with van der Waals surface area (Å²) >= 11 is 0. The van der Waals surface area contributed by atoms with Gasteiger partial charge < -0.3 is 4.90 Å². The number of hydrogen-bond donors (Lipinski definition) is 1. The van der Waals surface area contributed by atoms with Crippen LogP contribution in [0.4, 0.5) is 0 Å². The highest BCUT2D eigenvalue weighted by Gasteiger charge is 2.01. The maximum atomic E-state index is 2.41. The van der Waals surface area contributed by atoms with Crippen LogP contribution in [0.1, 0.15) is 13.8 Å². The van der Waals surface area contributed by atoms with Gasteiger partial charge >= 0.3 is 0 Å². The largest absolute Gasteiger partial charge is 0.303 e. The Kier molecular flexibility index (Phi) is 5.18. The lowest BCUT2D eigenvalue weighted by Gasteiger charge is -2.22. The molecule has 0 N–H and O–H groups in total. The van der Waals surface area contributed by atoms with Crippen molar-refractivity contribution in [3.8, 4) is 0 Å². The molecule has 0 aliphatic heterocycles. The molecule has 0 unspecified atom stereocenters.